The lowest BCUT2D eigenvalue weighted by Crippen LogP contribution is -2.07. The van der Waals surface area contributed by atoms with Crippen LogP contribution in [0, 0.1) is 22.7 Å². The summed E-state index contributed by atoms with van der Waals surface area (Å²) in [6.45, 7) is 0. The molecular formula is C86H50N8. The number of nitriles is 2. The molecule has 14 aromatic carbocycles. The van der Waals surface area contributed by atoms with Crippen LogP contribution in [0.3, 0.4) is 0 Å². The van der Waals surface area contributed by atoms with Gasteiger partial charge in [-0.3, -0.25) is 0 Å². The molecule has 0 radical (unpaired) electrons. The predicted molar refractivity (Wildman–Crippen MR) is 387 cm³/mol. The van der Waals surface area contributed by atoms with E-state index in [-0.39, 0.29) is 0 Å². The summed E-state index contributed by atoms with van der Waals surface area (Å²) < 4.78 is 14.5. The van der Waals surface area contributed by atoms with Gasteiger partial charge in [-0.1, -0.05) is 182 Å². The van der Waals surface area contributed by atoms with Crippen LogP contribution < -0.4 is 0 Å². The molecule has 8 nitrogen and oxygen atoms in total. The second-order valence-electron chi connectivity index (χ2n) is 24.6. The molecule has 94 heavy (non-hydrogen) atoms. The molecule has 20 aromatic rings. The quantitative estimate of drug-likeness (QED) is 0.159. The predicted octanol–water partition coefficient (Wildman–Crippen LogP) is 21.7. The highest BCUT2D eigenvalue weighted by Gasteiger charge is 2.27. The van der Waals surface area contributed by atoms with E-state index in [9.17, 15) is 10.5 Å². The van der Waals surface area contributed by atoms with Crippen molar-refractivity contribution in [1.82, 2.24) is 27.4 Å². The molecule has 0 saturated heterocycles. The van der Waals surface area contributed by atoms with Crippen molar-refractivity contribution < 1.29 is 0 Å². The van der Waals surface area contributed by atoms with Crippen molar-refractivity contribution in [3.8, 4) is 57.4 Å². The topological polar surface area (TPSA) is 77.2 Å². The number of para-hydroxylation sites is 8. The lowest BCUT2D eigenvalue weighted by atomic mass is 9.97. The SMILES string of the molecule is N#Cc1cccc(-c2cc(-n3c4cc(-n5c6ccccc6c6ccccc65)ccc4c4ccc(-n5c6ccccc6c6ccccc65)cc43)c(-n3c4cc(-n5c6ccccc6c6ccccc65)ccc4c4ccc(-n5c6ccccc6c6ccccc65)cc43)cc2C#N)c1. The first-order valence-electron chi connectivity index (χ1n) is 31.8. The molecule has 0 unspecified atom stereocenters. The second-order valence-corrected chi connectivity index (χ2v) is 24.6. The van der Waals surface area contributed by atoms with Gasteiger partial charge in [-0.15, -0.1) is 0 Å². The minimum Gasteiger partial charge on any atom is -0.309 e. The van der Waals surface area contributed by atoms with Crippen molar-refractivity contribution in [2.24, 2.45) is 0 Å². The Balaban J connectivity index is 0.964. The molecule has 20 rings (SSSR count). The minimum atomic E-state index is 0.471. The van der Waals surface area contributed by atoms with E-state index in [0.717, 1.165) is 127 Å². The van der Waals surface area contributed by atoms with Gasteiger partial charge in [-0.25, -0.2) is 0 Å². The zero-order valence-electron chi connectivity index (χ0n) is 50.4. The monoisotopic (exact) mass is 1190 g/mol. The molecule has 0 spiro atoms. The smallest absolute Gasteiger partial charge is 0.0998 e. The van der Waals surface area contributed by atoms with E-state index in [2.05, 4.69) is 319 Å². The van der Waals surface area contributed by atoms with E-state index in [1.165, 1.54) is 43.1 Å². The zero-order valence-corrected chi connectivity index (χ0v) is 50.4. The third kappa shape index (κ3) is 7.25. The summed E-state index contributed by atoms with van der Waals surface area (Å²) in [6.07, 6.45) is 0. The first-order chi connectivity index (χ1) is 46.6. The summed E-state index contributed by atoms with van der Waals surface area (Å²) in [5.74, 6) is 0. The van der Waals surface area contributed by atoms with Crippen molar-refractivity contribution >= 4 is 131 Å². The van der Waals surface area contributed by atoms with Gasteiger partial charge < -0.3 is 27.4 Å². The average Bonchev–Trinajstić information content (AvgIpc) is 1.53. The highest BCUT2D eigenvalue weighted by atomic mass is 15.1. The van der Waals surface area contributed by atoms with Crippen LogP contribution in [-0.4, -0.2) is 27.4 Å². The molecular weight excluding hydrogens is 1150 g/mol. The minimum absolute atomic E-state index is 0.471. The van der Waals surface area contributed by atoms with Crippen molar-refractivity contribution in [3.05, 3.63) is 314 Å². The molecule has 8 heteroatoms. The molecule has 0 aliphatic carbocycles. The molecule has 0 amide bonds. The Bertz CT molecular complexity index is 6220. The highest BCUT2D eigenvalue weighted by molar-refractivity contribution is 6.17. The summed E-state index contributed by atoms with van der Waals surface area (Å²) in [6, 6.07) is 114. The highest BCUT2D eigenvalue weighted by Crippen LogP contribution is 2.46. The van der Waals surface area contributed by atoms with Gasteiger partial charge >= 0.3 is 0 Å². The molecule has 0 aliphatic heterocycles. The second kappa shape index (κ2) is 19.7. The van der Waals surface area contributed by atoms with Gasteiger partial charge in [-0.2, -0.15) is 10.5 Å². The van der Waals surface area contributed by atoms with Crippen molar-refractivity contribution in [1.29, 1.82) is 10.5 Å². The van der Waals surface area contributed by atoms with Crippen LogP contribution in [0.15, 0.2) is 303 Å². The summed E-state index contributed by atoms with van der Waals surface area (Å²) in [5, 5.41) is 36.1. The van der Waals surface area contributed by atoms with Crippen LogP contribution >= 0.6 is 0 Å². The molecule has 0 aliphatic rings. The van der Waals surface area contributed by atoms with Crippen LogP contribution in [0.4, 0.5) is 0 Å². The number of benzene rings is 14. The first kappa shape index (κ1) is 51.7. The van der Waals surface area contributed by atoms with Gasteiger partial charge in [0.15, 0.2) is 0 Å². The normalized spacial score (nSPS) is 12.0. The third-order valence-electron chi connectivity index (χ3n) is 19.8. The third-order valence-corrected chi connectivity index (χ3v) is 19.8. The van der Waals surface area contributed by atoms with Crippen molar-refractivity contribution in [2.75, 3.05) is 0 Å². The number of nitrogens with zero attached hydrogens (tertiary/aromatic N) is 8. The fourth-order valence-electron chi connectivity index (χ4n) is 15.9. The molecule has 0 fully saturated rings. The van der Waals surface area contributed by atoms with E-state index >= 15 is 0 Å². The Hall–Kier alpha value is -13.1. The van der Waals surface area contributed by atoms with Crippen LogP contribution in [0.1, 0.15) is 11.1 Å². The van der Waals surface area contributed by atoms with Gasteiger partial charge in [0.1, 0.15) is 0 Å². The molecule has 0 bridgehead atoms. The molecule has 0 atom stereocenters. The lowest BCUT2D eigenvalue weighted by molar-refractivity contribution is 1.08. The molecule has 6 aromatic heterocycles. The Morgan fingerprint density at radius 1 is 0.202 bits per heavy atom. The fraction of sp³-hybridized carbons (Fsp3) is 0. The Labute approximate surface area is 537 Å². The summed E-state index contributed by atoms with van der Waals surface area (Å²) in [5.41, 5.74) is 20.9. The zero-order chi connectivity index (χ0) is 61.9. The molecule has 0 N–H and O–H groups in total. The van der Waals surface area contributed by atoms with Gasteiger partial charge in [0, 0.05) is 92.9 Å². The van der Waals surface area contributed by atoms with Gasteiger partial charge in [0.2, 0.25) is 0 Å². The average molecular weight is 1200 g/mol. The van der Waals surface area contributed by atoms with Crippen LogP contribution in [0.25, 0.3) is 176 Å². The Morgan fingerprint density at radius 3 is 0.745 bits per heavy atom. The number of fused-ring (bicyclic) bond motifs is 18. The van der Waals surface area contributed by atoms with E-state index in [0.29, 0.717) is 16.7 Å². The van der Waals surface area contributed by atoms with Crippen LogP contribution in [0.2, 0.25) is 0 Å². The number of hydrogen-bond donors (Lipinski definition) is 0. The maximum atomic E-state index is 11.8. The summed E-state index contributed by atoms with van der Waals surface area (Å²) >= 11 is 0. The van der Waals surface area contributed by atoms with Gasteiger partial charge in [-0.05, 0) is 127 Å². The Kier molecular flexibility index (Phi) is 10.8. The Morgan fingerprint density at radius 2 is 0.468 bits per heavy atom. The number of rotatable bonds is 7. The molecule has 434 valence electrons. The van der Waals surface area contributed by atoms with E-state index in [1.54, 1.807) is 0 Å². The standard InChI is InChI=1S/C86H50N8/c87-51-53-18-17-19-54(44-53)72-50-86(94-83-48-58(91-77-32-13-5-24-64(77)65-25-6-14-33-78(65)91)38-42-70(83)71-43-39-59(49-84(71)94)92-79-34-15-7-26-66(79)67-27-8-16-35-80(67)92)85(45-55(72)52-88)93-81-46-56(89-73-28-9-1-20-60(73)61-21-2-10-29-74(61)89)36-40-68(81)69-41-37-57(47-82(69)93)90-75-30-11-3-22-62(75)63-23-4-12-31-76(63)90/h1-50H. The van der Waals surface area contributed by atoms with Crippen LogP contribution in [0.5, 0.6) is 0 Å². The van der Waals surface area contributed by atoms with E-state index < -0.39 is 0 Å². The van der Waals surface area contributed by atoms with E-state index in [4.69, 9.17) is 0 Å². The first-order valence-corrected chi connectivity index (χ1v) is 31.8. The van der Waals surface area contributed by atoms with Gasteiger partial charge in [0.05, 0.1) is 101 Å². The summed E-state index contributed by atoms with van der Waals surface area (Å²) in [7, 11) is 0. The maximum absolute atomic E-state index is 11.8. The van der Waals surface area contributed by atoms with Gasteiger partial charge in [0.25, 0.3) is 0 Å². The molecule has 0 saturated carbocycles. The largest absolute Gasteiger partial charge is 0.309 e. The number of aromatic nitrogens is 6. The van der Waals surface area contributed by atoms with Crippen LogP contribution in [-0.2, 0) is 0 Å². The fourth-order valence-corrected chi connectivity index (χ4v) is 15.9. The van der Waals surface area contributed by atoms with Crippen molar-refractivity contribution in [3.63, 3.8) is 0 Å². The lowest BCUT2D eigenvalue weighted by Gasteiger charge is -2.21. The molecule has 6 heterocycles. The van der Waals surface area contributed by atoms with E-state index in [1.807, 2.05) is 24.3 Å². The van der Waals surface area contributed by atoms with Crippen molar-refractivity contribution in [2.45, 2.75) is 0 Å². The number of hydrogen-bond acceptors (Lipinski definition) is 2. The maximum Gasteiger partial charge on any atom is 0.0998 e. The summed E-state index contributed by atoms with van der Waals surface area (Å²) in [4.78, 5) is 0.